The molecular formula is C18H23N5O2. The Hall–Kier alpha value is -2.41. The summed E-state index contributed by atoms with van der Waals surface area (Å²) in [6.07, 6.45) is 7.26. The monoisotopic (exact) mass is 341 g/mol. The summed E-state index contributed by atoms with van der Waals surface area (Å²) in [5.74, 6) is 0.519. The molecule has 7 heteroatoms. The Labute approximate surface area is 147 Å². The van der Waals surface area contributed by atoms with Crippen LogP contribution >= 0.6 is 0 Å². The van der Waals surface area contributed by atoms with Crippen LogP contribution in [0.5, 0.6) is 0 Å². The summed E-state index contributed by atoms with van der Waals surface area (Å²) in [7, 11) is 1.89. The number of alkyl carbamates (subject to hydrolysis) is 1. The van der Waals surface area contributed by atoms with E-state index in [0.29, 0.717) is 12.5 Å². The van der Waals surface area contributed by atoms with Crippen molar-refractivity contribution in [1.29, 1.82) is 0 Å². The highest BCUT2D eigenvalue weighted by atomic mass is 16.6. The number of carbonyl (C=O) groups excluding carboxylic acids is 1. The number of pyridine rings is 1. The largest absolute Gasteiger partial charge is 0.445 e. The van der Waals surface area contributed by atoms with Gasteiger partial charge in [-0.25, -0.2) is 4.79 Å². The van der Waals surface area contributed by atoms with Crippen LogP contribution in [0.15, 0.2) is 30.7 Å². The van der Waals surface area contributed by atoms with Gasteiger partial charge in [0.1, 0.15) is 6.10 Å². The van der Waals surface area contributed by atoms with Gasteiger partial charge in [-0.2, -0.15) is 5.10 Å². The number of carbonyl (C=O) groups is 1. The van der Waals surface area contributed by atoms with Gasteiger partial charge in [-0.3, -0.25) is 14.6 Å². The normalized spacial score (nSPS) is 24.9. The molecule has 3 aliphatic rings. The van der Waals surface area contributed by atoms with Gasteiger partial charge in [-0.1, -0.05) is 0 Å². The number of fused-ring (bicyclic) bond motifs is 3. The van der Waals surface area contributed by atoms with Crippen LogP contribution in [0.2, 0.25) is 0 Å². The van der Waals surface area contributed by atoms with Gasteiger partial charge in [0, 0.05) is 44.3 Å². The molecule has 3 aliphatic heterocycles. The molecule has 0 saturated carbocycles. The molecule has 0 radical (unpaired) electrons. The molecule has 0 aliphatic carbocycles. The minimum absolute atomic E-state index is 0.0291. The Bertz CT molecular complexity index is 751. The van der Waals surface area contributed by atoms with Crippen molar-refractivity contribution in [3.05, 3.63) is 36.3 Å². The van der Waals surface area contributed by atoms with Crippen LogP contribution in [0, 0.1) is 5.92 Å². The van der Waals surface area contributed by atoms with Gasteiger partial charge in [0.15, 0.2) is 0 Å². The fourth-order valence-corrected chi connectivity index (χ4v) is 3.78. The van der Waals surface area contributed by atoms with Crippen LogP contribution in [0.1, 0.15) is 18.4 Å². The van der Waals surface area contributed by atoms with Crippen LogP contribution in [0.3, 0.4) is 0 Å². The van der Waals surface area contributed by atoms with Gasteiger partial charge in [0.2, 0.25) is 0 Å². The molecule has 5 heterocycles. The Morgan fingerprint density at radius 1 is 1.36 bits per heavy atom. The Balaban J connectivity index is 1.34. The van der Waals surface area contributed by atoms with Crippen molar-refractivity contribution in [3.8, 4) is 11.3 Å². The SMILES string of the molecule is Cn1nccc1-c1cncc(CNC(=O)OC2CN3CCC2CC3)c1. The van der Waals surface area contributed by atoms with E-state index in [2.05, 4.69) is 20.3 Å². The van der Waals surface area contributed by atoms with Crippen molar-refractivity contribution in [2.75, 3.05) is 19.6 Å². The predicted molar refractivity (Wildman–Crippen MR) is 92.7 cm³/mol. The lowest BCUT2D eigenvalue weighted by molar-refractivity contribution is -0.0332. The molecule has 3 fully saturated rings. The molecule has 2 aromatic rings. The van der Waals surface area contributed by atoms with E-state index >= 15 is 0 Å². The van der Waals surface area contributed by atoms with E-state index in [-0.39, 0.29) is 12.2 Å². The average molecular weight is 341 g/mol. The summed E-state index contributed by atoms with van der Waals surface area (Å²) < 4.78 is 7.44. The highest BCUT2D eigenvalue weighted by Gasteiger charge is 2.36. The minimum Gasteiger partial charge on any atom is -0.445 e. The highest BCUT2D eigenvalue weighted by Crippen LogP contribution is 2.29. The number of hydrogen-bond donors (Lipinski definition) is 1. The van der Waals surface area contributed by atoms with Crippen molar-refractivity contribution in [2.45, 2.75) is 25.5 Å². The Kier molecular flexibility index (Phi) is 4.40. The smallest absolute Gasteiger partial charge is 0.407 e. The molecule has 1 N–H and O–H groups in total. The van der Waals surface area contributed by atoms with Crippen molar-refractivity contribution < 1.29 is 9.53 Å². The third kappa shape index (κ3) is 3.51. The molecule has 3 saturated heterocycles. The lowest BCUT2D eigenvalue weighted by atomic mass is 9.86. The highest BCUT2D eigenvalue weighted by molar-refractivity contribution is 5.67. The van der Waals surface area contributed by atoms with Gasteiger partial charge >= 0.3 is 6.09 Å². The second-order valence-corrected chi connectivity index (χ2v) is 6.86. The maximum atomic E-state index is 12.1. The van der Waals surface area contributed by atoms with E-state index in [0.717, 1.165) is 49.3 Å². The zero-order valence-electron chi connectivity index (χ0n) is 14.4. The van der Waals surface area contributed by atoms with Crippen molar-refractivity contribution in [1.82, 2.24) is 25.0 Å². The molecule has 5 rings (SSSR count). The number of aromatic nitrogens is 3. The molecule has 0 spiro atoms. The van der Waals surface area contributed by atoms with Gasteiger partial charge in [0.05, 0.1) is 5.69 Å². The number of nitrogens with one attached hydrogen (secondary N) is 1. The number of amides is 1. The van der Waals surface area contributed by atoms with E-state index in [1.807, 2.05) is 19.2 Å². The van der Waals surface area contributed by atoms with Crippen LogP contribution < -0.4 is 5.32 Å². The second kappa shape index (κ2) is 6.84. The first-order chi connectivity index (χ1) is 12.2. The lowest BCUT2D eigenvalue weighted by Gasteiger charge is -2.43. The quantitative estimate of drug-likeness (QED) is 0.918. The summed E-state index contributed by atoms with van der Waals surface area (Å²) >= 11 is 0. The van der Waals surface area contributed by atoms with Gasteiger partial charge in [0.25, 0.3) is 0 Å². The lowest BCUT2D eigenvalue weighted by Crippen LogP contribution is -2.52. The Morgan fingerprint density at radius 3 is 2.88 bits per heavy atom. The van der Waals surface area contributed by atoms with Gasteiger partial charge in [-0.15, -0.1) is 0 Å². The fraction of sp³-hybridized carbons (Fsp3) is 0.500. The fourth-order valence-electron chi connectivity index (χ4n) is 3.78. The first-order valence-corrected chi connectivity index (χ1v) is 8.78. The van der Waals surface area contributed by atoms with Crippen molar-refractivity contribution >= 4 is 6.09 Å². The molecule has 132 valence electrons. The average Bonchev–Trinajstić information content (AvgIpc) is 3.07. The second-order valence-electron chi connectivity index (χ2n) is 6.86. The van der Waals surface area contributed by atoms with Crippen molar-refractivity contribution in [3.63, 3.8) is 0 Å². The summed E-state index contributed by atoms with van der Waals surface area (Å²) in [5, 5.41) is 7.03. The molecule has 1 unspecified atom stereocenters. The first-order valence-electron chi connectivity index (χ1n) is 8.78. The summed E-state index contributed by atoms with van der Waals surface area (Å²) in [5.41, 5.74) is 2.90. The van der Waals surface area contributed by atoms with E-state index < -0.39 is 0 Å². The minimum atomic E-state index is -0.343. The van der Waals surface area contributed by atoms with E-state index in [9.17, 15) is 4.79 Å². The topological polar surface area (TPSA) is 72.3 Å². The van der Waals surface area contributed by atoms with Crippen LogP contribution in [0.4, 0.5) is 4.79 Å². The van der Waals surface area contributed by atoms with E-state index in [1.54, 1.807) is 23.3 Å². The molecular weight excluding hydrogens is 318 g/mol. The third-order valence-corrected chi connectivity index (χ3v) is 5.20. The molecule has 1 amide bonds. The van der Waals surface area contributed by atoms with Crippen LogP contribution in [-0.2, 0) is 18.3 Å². The predicted octanol–water partition coefficient (Wildman–Crippen LogP) is 1.80. The zero-order valence-corrected chi connectivity index (χ0v) is 14.4. The van der Waals surface area contributed by atoms with Crippen LogP contribution in [-0.4, -0.2) is 51.5 Å². The summed E-state index contributed by atoms with van der Waals surface area (Å²) in [6, 6.07) is 3.95. The van der Waals surface area contributed by atoms with Gasteiger partial charge in [-0.05, 0) is 49.5 Å². The standard InChI is InChI=1S/C18H23N5O2/c1-22-16(2-5-21-22)15-8-13(9-19-11-15)10-20-18(24)25-17-12-23-6-3-14(17)4-7-23/h2,5,8-9,11,14,17H,3-4,6-7,10,12H2,1H3,(H,20,24). The van der Waals surface area contributed by atoms with Crippen molar-refractivity contribution in [2.24, 2.45) is 13.0 Å². The Morgan fingerprint density at radius 2 is 2.20 bits per heavy atom. The first kappa shape index (κ1) is 16.1. The van der Waals surface area contributed by atoms with Crippen LogP contribution in [0.25, 0.3) is 11.3 Å². The number of ether oxygens (including phenoxy) is 1. The summed E-state index contributed by atoms with van der Waals surface area (Å²) in [4.78, 5) is 18.8. The number of rotatable bonds is 4. The molecule has 2 aromatic heterocycles. The zero-order chi connectivity index (χ0) is 17.2. The molecule has 0 aromatic carbocycles. The maximum absolute atomic E-state index is 12.1. The molecule has 1 atom stereocenters. The number of piperidine rings is 3. The number of nitrogens with zero attached hydrogens (tertiary/aromatic N) is 4. The molecule has 2 bridgehead atoms. The molecule has 25 heavy (non-hydrogen) atoms. The van der Waals surface area contributed by atoms with E-state index in [1.165, 1.54) is 0 Å². The number of aryl methyl sites for hydroxylation is 1. The maximum Gasteiger partial charge on any atom is 0.407 e. The summed E-state index contributed by atoms with van der Waals surface area (Å²) in [6.45, 7) is 3.55. The van der Waals surface area contributed by atoms with E-state index in [4.69, 9.17) is 4.74 Å². The molecule has 7 nitrogen and oxygen atoms in total. The van der Waals surface area contributed by atoms with Gasteiger partial charge < -0.3 is 10.1 Å². The third-order valence-electron chi connectivity index (χ3n) is 5.20. The number of hydrogen-bond acceptors (Lipinski definition) is 5.